The Kier molecular flexibility index (Phi) is 9.40. The van der Waals surface area contributed by atoms with Gasteiger partial charge in [0.1, 0.15) is 5.69 Å². The number of piperidine rings is 1. The third-order valence-electron chi connectivity index (χ3n) is 9.55. The SMILES string of the molecule is CC1Cn2c(c(C(=O)NCc3ccccc3-n3cc(F)cn3)n(-c3ccc(N4CCC[C@H](C)C4)cc3)c2=O)CN1C(=O)c1ccc(Br)c(Cl)c1. The van der Waals surface area contributed by atoms with Crippen molar-refractivity contribution in [2.75, 3.05) is 18.0 Å². The first-order chi connectivity index (χ1) is 24.1. The van der Waals surface area contributed by atoms with Crippen LogP contribution in [0.4, 0.5) is 10.1 Å². The lowest BCUT2D eigenvalue weighted by Gasteiger charge is -2.34. The van der Waals surface area contributed by atoms with E-state index in [4.69, 9.17) is 11.6 Å². The summed E-state index contributed by atoms with van der Waals surface area (Å²) >= 11 is 9.71. The molecule has 2 amide bonds. The maximum atomic E-state index is 14.3. The molecule has 0 radical (unpaired) electrons. The van der Waals surface area contributed by atoms with Crippen LogP contribution in [0.15, 0.2) is 88.4 Å². The standard InChI is InChI=1S/C37H36BrClFN7O3/c1-23-6-5-15-43(19-23)28-10-12-29(13-11-28)47-34(35(48)41-17-26-7-3-4-8-32(26)46-21-27(40)18-42-46)33-22-44(24(2)20-45(33)37(47)50)36(49)25-9-14-30(38)31(39)16-25/h3-4,7-14,16,18,21,23-24H,5-6,15,17,19-20,22H2,1-2H3,(H,41,48)/t23-,24?/m0/s1. The van der Waals surface area contributed by atoms with E-state index in [0.717, 1.165) is 31.4 Å². The number of nitrogens with one attached hydrogen (secondary N) is 1. The van der Waals surface area contributed by atoms with E-state index in [2.05, 4.69) is 38.2 Å². The van der Waals surface area contributed by atoms with Gasteiger partial charge in [-0.3, -0.25) is 18.7 Å². The van der Waals surface area contributed by atoms with Crippen molar-refractivity contribution in [3.05, 3.63) is 127 Å². The number of carbonyl (C=O) groups excluding carboxylic acids is 2. The molecule has 5 aromatic rings. The minimum absolute atomic E-state index is 0.0333. The maximum Gasteiger partial charge on any atom is 0.333 e. The van der Waals surface area contributed by atoms with E-state index in [1.54, 1.807) is 33.7 Å². The van der Waals surface area contributed by atoms with Gasteiger partial charge in [-0.05, 0) is 95.7 Å². The lowest BCUT2D eigenvalue weighted by atomic mass is 10.00. The minimum atomic E-state index is -0.486. The zero-order chi connectivity index (χ0) is 35.1. The van der Waals surface area contributed by atoms with Crippen LogP contribution in [0.1, 0.15) is 58.8 Å². The molecule has 1 unspecified atom stereocenters. The highest BCUT2D eigenvalue weighted by molar-refractivity contribution is 9.10. The van der Waals surface area contributed by atoms with Crippen molar-refractivity contribution in [1.82, 2.24) is 29.1 Å². The predicted octanol–water partition coefficient (Wildman–Crippen LogP) is 6.59. The quantitative estimate of drug-likeness (QED) is 0.202. The number of hydrogen-bond donors (Lipinski definition) is 1. The highest BCUT2D eigenvalue weighted by Crippen LogP contribution is 2.29. The van der Waals surface area contributed by atoms with E-state index in [9.17, 15) is 18.8 Å². The summed E-state index contributed by atoms with van der Waals surface area (Å²) in [6, 6.07) is 19.6. The second-order valence-electron chi connectivity index (χ2n) is 13.1. The molecule has 7 rings (SSSR count). The predicted molar refractivity (Wildman–Crippen MR) is 194 cm³/mol. The summed E-state index contributed by atoms with van der Waals surface area (Å²) in [5, 5.41) is 7.49. The monoisotopic (exact) mass is 759 g/mol. The van der Waals surface area contributed by atoms with Crippen molar-refractivity contribution >= 4 is 45.0 Å². The van der Waals surface area contributed by atoms with E-state index in [-0.39, 0.29) is 43.0 Å². The molecule has 0 bridgehead atoms. The van der Waals surface area contributed by atoms with Crippen LogP contribution in [0.25, 0.3) is 11.4 Å². The topological polar surface area (TPSA) is 97.4 Å². The summed E-state index contributed by atoms with van der Waals surface area (Å²) in [5.74, 6) is -0.629. The van der Waals surface area contributed by atoms with Crippen molar-refractivity contribution in [3.8, 4) is 11.4 Å². The highest BCUT2D eigenvalue weighted by Gasteiger charge is 2.35. The largest absolute Gasteiger partial charge is 0.371 e. The van der Waals surface area contributed by atoms with E-state index in [1.165, 1.54) is 21.9 Å². The molecule has 1 fully saturated rings. The Morgan fingerprint density at radius 1 is 1.04 bits per heavy atom. The lowest BCUT2D eigenvalue weighted by molar-refractivity contribution is 0.0610. The van der Waals surface area contributed by atoms with Crippen LogP contribution in [-0.4, -0.2) is 54.8 Å². The van der Waals surface area contributed by atoms with Crippen LogP contribution in [0.3, 0.4) is 0 Å². The van der Waals surface area contributed by atoms with Crippen LogP contribution >= 0.6 is 27.5 Å². The molecule has 1 saturated heterocycles. The molecular weight excluding hydrogens is 725 g/mol. The molecule has 3 aromatic carbocycles. The second-order valence-corrected chi connectivity index (χ2v) is 14.3. The summed E-state index contributed by atoms with van der Waals surface area (Å²) < 4.78 is 19.0. The van der Waals surface area contributed by atoms with Crippen LogP contribution < -0.4 is 15.9 Å². The molecule has 50 heavy (non-hydrogen) atoms. The summed E-state index contributed by atoms with van der Waals surface area (Å²) in [6.07, 6.45) is 4.71. The van der Waals surface area contributed by atoms with Crippen LogP contribution in [0.5, 0.6) is 0 Å². The number of benzene rings is 3. The number of anilines is 1. The van der Waals surface area contributed by atoms with Gasteiger partial charge in [-0.15, -0.1) is 0 Å². The van der Waals surface area contributed by atoms with Gasteiger partial charge in [-0.1, -0.05) is 36.7 Å². The molecule has 258 valence electrons. The first-order valence-electron chi connectivity index (χ1n) is 16.6. The summed E-state index contributed by atoms with van der Waals surface area (Å²) in [5.41, 5.74) is 3.54. The van der Waals surface area contributed by atoms with Gasteiger partial charge >= 0.3 is 5.69 Å². The Hall–Kier alpha value is -4.68. The Morgan fingerprint density at radius 2 is 1.80 bits per heavy atom. The zero-order valence-electron chi connectivity index (χ0n) is 27.7. The third kappa shape index (κ3) is 6.49. The molecule has 13 heteroatoms. The van der Waals surface area contributed by atoms with Crippen LogP contribution in [0, 0.1) is 11.7 Å². The van der Waals surface area contributed by atoms with Crippen molar-refractivity contribution in [2.24, 2.45) is 5.92 Å². The van der Waals surface area contributed by atoms with Crippen LogP contribution in [-0.2, 0) is 19.6 Å². The number of carbonyl (C=O) groups is 2. The second kappa shape index (κ2) is 13.9. The van der Waals surface area contributed by atoms with Crippen LogP contribution in [0.2, 0.25) is 5.02 Å². The molecule has 1 N–H and O–H groups in total. The first kappa shape index (κ1) is 33.8. The van der Waals surface area contributed by atoms with E-state index in [0.29, 0.717) is 43.6 Å². The fourth-order valence-electron chi connectivity index (χ4n) is 6.97. The average molecular weight is 761 g/mol. The summed E-state index contributed by atoms with van der Waals surface area (Å²) in [6.45, 7) is 6.39. The number of amides is 2. The van der Waals surface area contributed by atoms with Gasteiger partial charge in [0.2, 0.25) is 0 Å². The number of imidazole rings is 1. The fraction of sp³-hybridized carbons (Fsp3) is 0.297. The molecule has 2 aromatic heterocycles. The number of nitrogens with zero attached hydrogens (tertiary/aromatic N) is 6. The Balaban J connectivity index is 1.26. The van der Waals surface area contributed by atoms with E-state index >= 15 is 0 Å². The number of halogens is 3. The summed E-state index contributed by atoms with van der Waals surface area (Å²) in [4.78, 5) is 46.4. The van der Waals surface area contributed by atoms with E-state index in [1.807, 2.05) is 49.4 Å². The van der Waals surface area contributed by atoms with Gasteiger partial charge < -0.3 is 15.1 Å². The van der Waals surface area contributed by atoms with Gasteiger partial charge in [0.25, 0.3) is 11.8 Å². The van der Waals surface area contributed by atoms with E-state index < -0.39 is 11.7 Å². The number of fused-ring (bicyclic) bond motifs is 1. The molecule has 4 heterocycles. The minimum Gasteiger partial charge on any atom is -0.371 e. The fourth-order valence-corrected chi connectivity index (χ4v) is 7.40. The maximum absolute atomic E-state index is 14.3. The zero-order valence-corrected chi connectivity index (χ0v) is 30.0. The molecular formula is C37H36BrClFN7O3. The van der Waals surface area contributed by atoms with Crippen molar-refractivity contribution in [2.45, 2.75) is 52.4 Å². The molecule has 2 aliphatic rings. The van der Waals surface area contributed by atoms with Gasteiger partial charge in [0.15, 0.2) is 5.82 Å². The number of hydrogen-bond acceptors (Lipinski definition) is 5. The Morgan fingerprint density at radius 3 is 2.52 bits per heavy atom. The smallest absolute Gasteiger partial charge is 0.333 e. The molecule has 0 saturated carbocycles. The molecule has 0 aliphatic carbocycles. The molecule has 2 atom stereocenters. The Labute approximate surface area is 302 Å². The third-order valence-corrected chi connectivity index (χ3v) is 10.8. The normalized spacial score (nSPS) is 17.5. The highest BCUT2D eigenvalue weighted by atomic mass is 79.9. The molecule has 2 aliphatic heterocycles. The molecule has 0 spiro atoms. The molecule has 10 nitrogen and oxygen atoms in total. The van der Waals surface area contributed by atoms with Gasteiger partial charge in [-0.25, -0.2) is 13.9 Å². The first-order valence-corrected chi connectivity index (χ1v) is 17.8. The van der Waals surface area contributed by atoms with Gasteiger partial charge in [0.05, 0.1) is 41.0 Å². The number of rotatable bonds is 7. The number of para-hydroxylation sites is 1. The average Bonchev–Trinajstić information content (AvgIpc) is 3.68. The van der Waals surface area contributed by atoms with Crippen molar-refractivity contribution in [1.29, 1.82) is 0 Å². The van der Waals surface area contributed by atoms with Gasteiger partial charge in [0, 0.05) is 47.9 Å². The van der Waals surface area contributed by atoms with Crippen molar-refractivity contribution in [3.63, 3.8) is 0 Å². The number of aromatic nitrogens is 4. The van der Waals surface area contributed by atoms with Crippen molar-refractivity contribution < 1.29 is 14.0 Å². The Bertz CT molecular complexity index is 2140. The van der Waals surface area contributed by atoms with Gasteiger partial charge in [-0.2, -0.15) is 5.10 Å². The lowest BCUT2D eigenvalue weighted by Crippen LogP contribution is -2.47. The summed E-state index contributed by atoms with van der Waals surface area (Å²) in [7, 11) is 0.